The summed E-state index contributed by atoms with van der Waals surface area (Å²) in [5.74, 6) is 0.195. The molecule has 0 saturated carbocycles. The predicted molar refractivity (Wildman–Crippen MR) is 62.7 cm³/mol. The van der Waals surface area contributed by atoms with Gasteiger partial charge in [-0.3, -0.25) is 0 Å². The highest BCUT2D eigenvalue weighted by Gasteiger charge is 2.23. The Balaban J connectivity index is 4.61. The van der Waals surface area contributed by atoms with E-state index in [-0.39, 0.29) is 12.0 Å². The van der Waals surface area contributed by atoms with Gasteiger partial charge in [-0.2, -0.15) is 17.4 Å². The van der Waals surface area contributed by atoms with Crippen LogP contribution in [0.25, 0.3) is 0 Å². The van der Waals surface area contributed by atoms with E-state index in [0.29, 0.717) is 19.6 Å². The van der Waals surface area contributed by atoms with Gasteiger partial charge in [-0.15, -0.1) is 0 Å². The van der Waals surface area contributed by atoms with Gasteiger partial charge in [0.15, 0.2) is 0 Å². The maximum atomic E-state index is 11.8. The van der Waals surface area contributed by atoms with Crippen molar-refractivity contribution in [2.45, 2.75) is 33.7 Å². The summed E-state index contributed by atoms with van der Waals surface area (Å²) in [4.78, 5) is 0. The molecule has 0 aromatic carbocycles. The largest absolute Gasteiger partial charge is 0.329 e. The molecule has 0 radical (unpaired) electrons. The topological polar surface area (TPSA) is 75.4 Å². The Morgan fingerprint density at radius 1 is 1.27 bits per heavy atom. The predicted octanol–water partition coefficient (Wildman–Crippen LogP) is 0.146. The summed E-state index contributed by atoms with van der Waals surface area (Å²) in [6.45, 7) is 8.79. The van der Waals surface area contributed by atoms with Crippen molar-refractivity contribution < 1.29 is 8.42 Å². The van der Waals surface area contributed by atoms with Crippen molar-refractivity contribution in [3.05, 3.63) is 0 Å². The Bertz CT molecular complexity index is 261. The Morgan fingerprint density at radius 2 is 1.73 bits per heavy atom. The third-order valence-corrected chi connectivity index (χ3v) is 4.20. The first kappa shape index (κ1) is 14.8. The molecule has 1 atom stereocenters. The van der Waals surface area contributed by atoms with Gasteiger partial charge in [-0.1, -0.05) is 27.7 Å². The van der Waals surface area contributed by atoms with Crippen LogP contribution in [0.4, 0.5) is 0 Å². The molecule has 92 valence electrons. The van der Waals surface area contributed by atoms with Crippen LogP contribution in [-0.4, -0.2) is 38.4 Å². The molecule has 0 aliphatic rings. The summed E-state index contributed by atoms with van der Waals surface area (Å²) >= 11 is 0. The lowest BCUT2D eigenvalue weighted by Crippen LogP contribution is -2.49. The van der Waals surface area contributed by atoms with E-state index in [4.69, 9.17) is 5.73 Å². The summed E-state index contributed by atoms with van der Waals surface area (Å²) in [6.07, 6.45) is 0. The number of nitrogens with one attached hydrogen (secondary N) is 1. The fourth-order valence-electron chi connectivity index (χ4n) is 1.29. The summed E-state index contributed by atoms with van der Waals surface area (Å²) in [5, 5.41) is 0. The maximum Gasteiger partial charge on any atom is 0.279 e. The first-order valence-electron chi connectivity index (χ1n) is 5.36. The second kappa shape index (κ2) is 6.42. The van der Waals surface area contributed by atoms with Crippen molar-refractivity contribution >= 4 is 10.2 Å². The fraction of sp³-hybridized carbons (Fsp3) is 1.00. The molecule has 5 nitrogen and oxygen atoms in total. The van der Waals surface area contributed by atoms with Crippen LogP contribution in [-0.2, 0) is 10.2 Å². The highest BCUT2D eigenvalue weighted by atomic mass is 32.2. The van der Waals surface area contributed by atoms with Crippen LogP contribution < -0.4 is 10.5 Å². The lowest BCUT2D eigenvalue weighted by molar-refractivity contribution is 0.401. The number of hydrogen-bond donors (Lipinski definition) is 2. The van der Waals surface area contributed by atoms with Crippen molar-refractivity contribution in [2.24, 2.45) is 11.7 Å². The van der Waals surface area contributed by atoms with E-state index in [1.165, 1.54) is 4.31 Å². The zero-order chi connectivity index (χ0) is 12.1. The second-order valence-electron chi connectivity index (χ2n) is 3.79. The minimum atomic E-state index is -3.38. The lowest BCUT2D eigenvalue weighted by Gasteiger charge is -2.25. The monoisotopic (exact) mass is 237 g/mol. The minimum absolute atomic E-state index is 0.195. The lowest BCUT2D eigenvalue weighted by atomic mass is 10.1. The molecule has 15 heavy (non-hydrogen) atoms. The SMILES string of the molecule is CCN(CC)S(=O)(=O)NC(CN)C(C)C. The van der Waals surface area contributed by atoms with Gasteiger partial charge in [0.05, 0.1) is 0 Å². The molecule has 0 aromatic heterocycles. The molecule has 3 N–H and O–H groups in total. The van der Waals surface area contributed by atoms with Crippen molar-refractivity contribution in [2.75, 3.05) is 19.6 Å². The molecule has 0 rings (SSSR count). The Kier molecular flexibility index (Phi) is 6.35. The molecule has 0 heterocycles. The van der Waals surface area contributed by atoms with Gasteiger partial charge in [0, 0.05) is 25.7 Å². The Hall–Kier alpha value is -0.170. The van der Waals surface area contributed by atoms with Crippen molar-refractivity contribution in [1.82, 2.24) is 9.03 Å². The van der Waals surface area contributed by atoms with Gasteiger partial charge in [0.1, 0.15) is 0 Å². The van der Waals surface area contributed by atoms with Gasteiger partial charge < -0.3 is 5.73 Å². The summed E-state index contributed by atoms with van der Waals surface area (Å²) in [7, 11) is -3.38. The van der Waals surface area contributed by atoms with Crippen LogP contribution in [0.15, 0.2) is 0 Å². The molecular weight excluding hydrogens is 214 g/mol. The quantitative estimate of drug-likeness (QED) is 0.661. The van der Waals surface area contributed by atoms with Crippen LogP contribution in [0, 0.1) is 5.92 Å². The smallest absolute Gasteiger partial charge is 0.279 e. The van der Waals surface area contributed by atoms with E-state index < -0.39 is 10.2 Å². The third-order valence-electron chi connectivity index (χ3n) is 2.40. The van der Waals surface area contributed by atoms with Gasteiger partial charge in [-0.25, -0.2) is 0 Å². The second-order valence-corrected chi connectivity index (χ2v) is 5.50. The van der Waals surface area contributed by atoms with Crippen molar-refractivity contribution in [1.29, 1.82) is 0 Å². The zero-order valence-electron chi connectivity index (χ0n) is 10.0. The summed E-state index contributed by atoms with van der Waals surface area (Å²) in [6, 6.07) is -0.199. The van der Waals surface area contributed by atoms with Crippen LogP contribution in [0.1, 0.15) is 27.7 Å². The highest BCUT2D eigenvalue weighted by Crippen LogP contribution is 2.04. The van der Waals surface area contributed by atoms with E-state index in [2.05, 4.69) is 4.72 Å². The molecule has 0 bridgehead atoms. The zero-order valence-corrected chi connectivity index (χ0v) is 10.8. The molecule has 0 fully saturated rings. The number of nitrogens with zero attached hydrogens (tertiary/aromatic N) is 1. The minimum Gasteiger partial charge on any atom is -0.329 e. The molecule has 0 aliphatic carbocycles. The van der Waals surface area contributed by atoms with E-state index in [0.717, 1.165) is 0 Å². The maximum absolute atomic E-state index is 11.8. The summed E-state index contributed by atoms with van der Waals surface area (Å²) in [5.41, 5.74) is 5.52. The Morgan fingerprint density at radius 3 is 2.00 bits per heavy atom. The van der Waals surface area contributed by atoms with Crippen molar-refractivity contribution in [3.63, 3.8) is 0 Å². The number of rotatable bonds is 7. The summed E-state index contributed by atoms with van der Waals surface area (Å²) < 4.78 is 27.7. The van der Waals surface area contributed by atoms with Crippen LogP contribution in [0.5, 0.6) is 0 Å². The van der Waals surface area contributed by atoms with Crippen LogP contribution in [0.3, 0.4) is 0 Å². The molecule has 0 aliphatic heterocycles. The molecule has 6 heteroatoms. The van der Waals surface area contributed by atoms with Gasteiger partial charge >= 0.3 is 0 Å². The number of hydrogen-bond acceptors (Lipinski definition) is 3. The fourth-order valence-corrected chi connectivity index (χ4v) is 2.87. The van der Waals surface area contributed by atoms with E-state index >= 15 is 0 Å². The average Bonchev–Trinajstić information content (AvgIpc) is 2.15. The van der Waals surface area contributed by atoms with Gasteiger partial charge in [-0.05, 0) is 5.92 Å². The van der Waals surface area contributed by atoms with E-state index in [1.54, 1.807) is 0 Å². The Labute approximate surface area is 93.2 Å². The first-order valence-corrected chi connectivity index (χ1v) is 6.80. The standard InChI is InChI=1S/C9H23N3O2S/c1-5-12(6-2)15(13,14)11-9(7-10)8(3)4/h8-9,11H,5-7,10H2,1-4H3. The highest BCUT2D eigenvalue weighted by molar-refractivity contribution is 7.87. The van der Waals surface area contributed by atoms with E-state index in [9.17, 15) is 8.42 Å². The number of nitrogens with two attached hydrogens (primary N) is 1. The third kappa shape index (κ3) is 4.46. The van der Waals surface area contributed by atoms with Gasteiger partial charge in [0.25, 0.3) is 10.2 Å². The van der Waals surface area contributed by atoms with Crippen LogP contribution in [0.2, 0.25) is 0 Å². The molecule has 0 spiro atoms. The molecule has 0 amide bonds. The van der Waals surface area contributed by atoms with Crippen LogP contribution >= 0.6 is 0 Å². The molecule has 0 aromatic rings. The molecular formula is C9H23N3O2S. The first-order chi connectivity index (χ1) is 6.88. The van der Waals surface area contributed by atoms with E-state index in [1.807, 2.05) is 27.7 Å². The molecule has 1 unspecified atom stereocenters. The average molecular weight is 237 g/mol. The van der Waals surface area contributed by atoms with Gasteiger partial charge in [0.2, 0.25) is 0 Å². The normalized spacial score (nSPS) is 14.9. The van der Waals surface area contributed by atoms with Crippen molar-refractivity contribution in [3.8, 4) is 0 Å². The molecule has 0 saturated heterocycles.